The number of hydrogen-bond acceptors (Lipinski definition) is 3. The van der Waals surface area contributed by atoms with Gasteiger partial charge in [0.1, 0.15) is 4.90 Å². The Morgan fingerprint density at radius 1 is 1.31 bits per heavy atom. The SMILES string of the molecule is CCc1ccccc1NS(=O)(=O)c1cc2c(cc1Br)C[C@H](C)N2C(C)=O. The van der Waals surface area contributed by atoms with E-state index in [1.54, 1.807) is 29.2 Å². The summed E-state index contributed by atoms with van der Waals surface area (Å²) in [5, 5.41) is 0. The van der Waals surface area contributed by atoms with Crippen LogP contribution in [0.4, 0.5) is 11.4 Å². The van der Waals surface area contributed by atoms with E-state index in [1.807, 2.05) is 26.0 Å². The maximum absolute atomic E-state index is 13.0. The van der Waals surface area contributed by atoms with Gasteiger partial charge in [0.05, 0.1) is 5.69 Å². The van der Waals surface area contributed by atoms with Gasteiger partial charge in [0.2, 0.25) is 5.91 Å². The van der Waals surface area contributed by atoms with Crippen molar-refractivity contribution in [1.82, 2.24) is 0 Å². The maximum atomic E-state index is 13.0. The molecule has 0 unspecified atom stereocenters. The lowest BCUT2D eigenvalue weighted by atomic mass is 10.1. The second-order valence-corrected chi connectivity index (χ2v) is 8.97. The zero-order chi connectivity index (χ0) is 19.1. The molecule has 5 nitrogen and oxygen atoms in total. The lowest BCUT2D eigenvalue weighted by molar-refractivity contribution is -0.116. The van der Waals surface area contributed by atoms with E-state index >= 15 is 0 Å². The van der Waals surface area contributed by atoms with Gasteiger partial charge in [-0.15, -0.1) is 0 Å². The van der Waals surface area contributed by atoms with Crippen LogP contribution in [0, 0.1) is 0 Å². The van der Waals surface area contributed by atoms with Crippen LogP contribution in [-0.4, -0.2) is 20.4 Å². The van der Waals surface area contributed by atoms with Gasteiger partial charge in [-0.1, -0.05) is 25.1 Å². The predicted molar refractivity (Wildman–Crippen MR) is 107 cm³/mol. The van der Waals surface area contributed by atoms with E-state index in [1.165, 1.54) is 6.92 Å². The summed E-state index contributed by atoms with van der Waals surface area (Å²) in [4.78, 5) is 13.8. The van der Waals surface area contributed by atoms with Gasteiger partial charge >= 0.3 is 0 Å². The third-order valence-corrected chi connectivity index (χ3v) is 6.94. The number of nitrogens with one attached hydrogen (secondary N) is 1. The van der Waals surface area contributed by atoms with Crippen LogP contribution in [0.15, 0.2) is 45.8 Å². The molecule has 1 N–H and O–H groups in total. The molecule has 138 valence electrons. The molecule has 1 atom stereocenters. The van der Waals surface area contributed by atoms with Gasteiger partial charge in [0, 0.05) is 23.1 Å². The van der Waals surface area contributed by atoms with Crippen molar-refractivity contribution in [3.8, 4) is 0 Å². The number of benzene rings is 2. The average molecular weight is 437 g/mol. The first kappa shape index (κ1) is 18.9. The molecule has 2 aromatic carbocycles. The molecular formula is C19H21BrN2O3S. The number of carbonyl (C=O) groups excluding carboxylic acids is 1. The average Bonchev–Trinajstić information content (AvgIpc) is 2.89. The summed E-state index contributed by atoms with van der Waals surface area (Å²) in [6.45, 7) is 5.43. The minimum Gasteiger partial charge on any atom is -0.309 e. The van der Waals surface area contributed by atoms with Crippen LogP contribution in [0.1, 0.15) is 31.9 Å². The molecule has 0 saturated heterocycles. The number of rotatable bonds is 4. The van der Waals surface area contributed by atoms with E-state index in [4.69, 9.17) is 0 Å². The summed E-state index contributed by atoms with van der Waals surface area (Å²) in [6, 6.07) is 10.7. The second kappa shape index (κ2) is 7.04. The van der Waals surface area contributed by atoms with Crippen molar-refractivity contribution < 1.29 is 13.2 Å². The summed E-state index contributed by atoms with van der Waals surface area (Å²) in [5.41, 5.74) is 3.12. The van der Waals surface area contributed by atoms with Crippen LogP contribution in [0.5, 0.6) is 0 Å². The topological polar surface area (TPSA) is 66.5 Å². The molecule has 0 bridgehead atoms. The van der Waals surface area contributed by atoms with Gasteiger partial charge in [0.15, 0.2) is 0 Å². The lowest BCUT2D eigenvalue weighted by Gasteiger charge is -2.21. The highest BCUT2D eigenvalue weighted by Crippen LogP contribution is 2.38. The Morgan fingerprint density at radius 2 is 2.00 bits per heavy atom. The molecule has 1 amide bonds. The third kappa shape index (κ3) is 3.38. The van der Waals surface area contributed by atoms with Crippen molar-refractivity contribution in [3.63, 3.8) is 0 Å². The zero-order valence-electron chi connectivity index (χ0n) is 14.9. The molecule has 1 aliphatic heterocycles. The first-order chi connectivity index (χ1) is 12.2. The van der Waals surface area contributed by atoms with Crippen molar-refractivity contribution in [2.45, 2.75) is 44.6 Å². The summed E-state index contributed by atoms with van der Waals surface area (Å²) in [5.74, 6) is -0.0915. The number of carbonyl (C=O) groups is 1. The molecule has 0 saturated carbocycles. The Morgan fingerprint density at radius 3 is 2.65 bits per heavy atom. The first-order valence-corrected chi connectivity index (χ1v) is 10.7. The monoisotopic (exact) mass is 436 g/mol. The fraction of sp³-hybridized carbons (Fsp3) is 0.316. The number of amides is 1. The van der Waals surface area contributed by atoms with E-state index in [-0.39, 0.29) is 16.8 Å². The Hall–Kier alpha value is -1.86. The fourth-order valence-corrected chi connectivity index (χ4v) is 5.64. The summed E-state index contributed by atoms with van der Waals surface area (Å²) >= 11 is 3.39. The normalized spacial score (nSPS) is 16.5. The molecule has 0 aromatic heterocycles. The highest BCUT2D eigenvalue weighted by Gasteiger charge is 2.32. The van der Waals surface area contributed by atoms with Gasteiger partial charge in [-0.05, 0) is 65.0 Å². The minimum atomic E-state index is -3.80. The van der Waals surface area contributed by atoms with Gasteiger partial charge in [0.25, 0.3) is 10.0 Å². The van der Waals surface area contributed by atoms with Gasteiger partial charge in [-0.3, -0.25) is 9.52 Å². The van der Waals surface area contributed by atoms with Crippen LogP contribution < -0.4 is 9.62 Å². The number of hydrogen-bond donors (Lipinski definition) is 1. The molecule has 0 fully saturated rings. The predicted octanol–water partition coefficient (Wildman–Crippen LogP) is 4.11. The molecule has 1 aliphatic rings. The van der Waals surface area contributed by atoms with E-state index in [2.05, 4.69) is 20.7 Å². The van der Waals surface area contributed by atoms with Crippen LogP contribution in [-0.2, 0) is 27.7 Å². The maximum Gasteiger partial charge on any atom is 0.263 e. The standard InChI is InChI=1S/C19H21BrN2O3S/c1-4-14-7-5-6-8-17(14)21-26(24,25)19-11-18-15(10-16(19)20)9-12(2)22(18)13(3)23/h5-8,10-12,21H,4,9H2,1-3H3/t12-/m0/s1. The van der Waals surface area contributed by atoms with Crippen molar-refractivity contribution in [1.29, 1.82) is 0 Å². The number of aryl methyl sites for hydroxylation is 1. The molecule has 26 heavy (non-hydrogen) atoms. The highest BCUT2D eigenvalue weighted by molar-refractivity contribution is 9.10. The molecular weight excluding hydrogens is 416 g/mol. The molecule has 3 rings (SSSR count). The van der Waals surface area contributed by atoms with Crippen molar-refractivity contribution >= 4 is 43.2 Å². The van der Waals surface area contributed by atoms with Crippen LogP contribution in [0.2, 0.25) is 0 Å². The Balaban J connectivity index is 2.05. The quantitative estimate of drug-likeness (QED) is 0.783. The third-order valence-electron chi connectivity index (χ3n) is 4.62. The van der Waals surface area contributed by atoms with Gasteiger partial charge in [-0.25, -0.2) is 8.42 Å². The molecule has 0 aliphatic carbocycles. The highest BCUT2D eigenvalue weighted by atomic mass is 79.9. The summed E-state index contributed by atoms with van der Waals surface area (Å²) in [6.07, 6.45) is 1.43. The smallest absolute Gasteiger partial charge is 0.263 e. The molecule has 0 spiro atoms. The number of anilines is 2. The second-order valence-electron chi connectivity index (χ2n) is 6.47. The van der Waals surface area contributed by atoms with E-state index < -0.39 is 10.0 Å². The first-order valence-electron chi connectivity index (χ1n) is 8.47. The molecule has 7 heteroatoms. The Labute approximate surface area is 162 Å². The number of halogens is 1. The van der Waals surface area contributed by atoms with E-state index in [0.717, 1.165) is 17.5 Å². The van der Waals surface area contributed by atoms with E-state index in [9.17, 15) is 13.2 Å². The van der Waals surface area contributed by atoms with Crippen molar-refractivity contribution in [3.05, 3.63) is 52.0 Å². The largest absolute Gasteiger partial charge is 0.309 e. The molecule has 1 heterocycles. The van der Waals surface area contributed by atoms with Gasteiger partial charge < -0.3 is 4.90 Å². The van der Waals surface area contributed by atoms with Crippen LogP contribution in [0.25, 0.3) is 0 Å². The molecule has 0 radical (unpaired) electrons. The summed E-state index contributed by atoms with van der Waals surface area (Å²) in [7, 11) is -3.80. The van der Waals surface area contributed by atoms with Crippen molar-refractivity contribution in [2.75, 3.05) is 9.62 Å². The number of para-hydroxylation sites is 1. The lowest BCUT2D eigenvalue weighted by Crippen LogP contribution is -2.33. The number of nitrogens with zero attached hydrogens (tertiary/aromatic N) is 1. The summed E-state index contributed by atoms with van der Waals surface area (Å²) < 4.78 is 29.2. The number of fused-ring (bicyclic) bond motifs is 1. The number of sulfonamides is 1. The molecule has 2 aromatic rings. The zero-order valence-corrected chi connectivity index (χ0v) is 17.3. The minimum absolute atomic E-state index is 0.0149. The fourth-order valence-electron chi connectivity index (χ4n) is 3.43. The van der Waals surface area contributed by atoms with E-state index in [0.29, 0.717) is 22.3 Å². The Bertz CT molecular complexity index is 973. The Kier molecular flexibility index (Phi) is 5.12. The van der Waals surface area contributed by atoms with Gasteiger partial charge in [-0.2, -0.15) is 0 Å². The van der Waals surface area contributed by atoms with Crippen LogP contribution >= 0.6 is 15.9 Å². The van der Waals surface area contributed by atoms with Crippen LogP contribution in [0.3, 0.4) is 0 Å². The van der Waals surface area contributed by atoms with Crippen molar-refractivity contribution in [2.24, 2.45) is 0 Å².